The lowest BCUT2D eigenvalue weighted by atomic mass is 9.86. The molecule has 0 spiro atoms. The second kappa shape index (κ2) is 8.28. The largest absolute Gasteiger partial charge is 0.310 e. The summed E-state index contributed by atoms with van der Waals surface area (Å²) in [6, 6.07) is 24.2. The van der Waals surface area contributed by atoms with Gasteiger partial charge in [0, 0.05) is 26.0 Å². The Morgan fingerprint density at radius 3 is 1.17 bits per heavy atom. The van der Waals surface area contributed by atoms with E-state index in [1.807, 2.05) is 0 Å². The van der Waals surface area contributed by atoms with Gasteiger partial charge in [0.25, 0.3) is 0 Å². The van der Waals surface area contributed by atoms with Crippen molar-refractivity contribution in [2.24, 2.45) is 0 Å². The van der Waals surface area contributed by atoms with Gasteiger partial charge in [0.15, 0.2) is 0 Å². The van der Waals surface area contributed by atoms with Crippen LogP contribution in [0.1, 0.15) is 52.7 Å². The Bertz CT molecular complexity index is 897. The first kappa shape index (κ1) is 22.1. The average Bonchev–Trinajstić information content (AvgIpc) is 2.60. The summed E-state index contributed by atoms with van der Waals surface area (Å²) in [4.78, 5) is 2.30. The van der Waals surface area contributed by atoms with Crippen LogP contribution in [-0.2, 0) is 10.8 Å². The highest BCUT2D eigenvalue weighted by atomic mass is 79.9. The number of hydrogen-bond acceptors (Lipinski definition) is 1. The van der Waals surface area contributed by atoms with Crippen LogP contribution in [0.15, 0.2) is 75.7 Å². The van der Waals surface area contributed by atoms with Gasteiger partial charge in [0.1, 0.15) is 0 Å². The minimum atomic E-state index is 0.135. The third-order valence-corrected chi connectivity index (χ3v) is 6.00. The van der Waals surface area contributed by atoms with Gasteiger partial charge in [-0.3, -0.25) is 0 Å². The van der Waals surface area contributed by atoms with Gasteiger partial charge in [-0.2, -0.15) is 0 Å². The van der Waals surface area contributed by atoms with Crippen molar-refractivity contribution in [3.8, 4) is 0 Å². The Kier molecular flexibility index (Phi) is 6.31. The Hall–Kier alpha value is -1.58. The van der Waals surface area contributed by atoms with Crippen LogP contribution in [0.5, 0.6) is 0 Å². The fourth-order valence-electron chi connectivity index (χ4n) is 3.34. The summed E-state index contributed by atoms with van der Waals surface area (Å²) < 4.78 is 2.09. The van der Waals surface area contributed by atoms with Crippen molar-refractivity contribution in [2.45, 2.75) is 52.4 Å². The molecular weight excluding hydrogens is 486 g/mol. The van der Waals surface area contributed by atoms with Crippen LogP contribution in [0.3, 0.4) is 0 Å². The fourth-order valence-corrected chi connectivity index (χ4v) is 4.61. The monoisotopic (exact) mass is 513 g/mol. The molecule has 0 aliphatic heterocycles. The molecule has 152 valence electrons. The normalized spacial score (nSPS) is 12.1. The summed E-state index contributed by atoms with van der Waals surface area (Å²) in [5.41, 5.74) is 6.34. The summed E-state index contributed by atoms with van der Waals surface area (Å²) in [7, 11) is 0. The summed E-state index contributed by atoms with van der Waals surface area (Å²) in [5, 5.41) is 0. The highest BCUT2D eigenvalue weighted by Crippen LogP contribution is 2.39. The van der Waals surface area contributed by atoms with E-state index in [1.165, 1.54) is 11.1 Å². The molecule has 0 heterocycles. The Labute approximate surface area is 192 Å². The standard InChI is InChI=1S/C26H29Br2N/c1-25(2,3)18-7-11-22(12-8-18)29(24-16-20(27)15-21(28)17-24)23-13-9-19(10-14-23)26(4,5)6/h7-17H,1-6H3. The van der Waals surface area contributed by atoms with E-state index in [0.717, 1.165) is 26.0 Å². The lowest BCUT2D eigenvalue weighted by molar-refractivity contribution is 0.590. The SMILES string of the molecule is CC(C)(C)c1ccc(N(c2ccc(C(C)(C)C)cc2)c2cc(Br)cc(Br)c2)cc1. The van der Waals surface area contributed by atoms with Crippen LogP contribution in [0.25, 0.3) is 0 Å². The molecule has 0 fully saturated rings. The molecule has 1 nitrogen and oxygen atoms in total. The first-order chi connectivity index (χ1) is 13.4. The van der Waals surface area contributed by atoms with Crippen LogP contribution in [0.2, 0.25) is 0 Å². The second-order valence-electron chi connectivity index (χ2n) is 9.56. The molecule has 3 aromatic carbocycles. The number of nitrogens with zero attached hydrogens (tertiary/aromatic N) is 1. The number of benzene rings is 3. The minimum absolute atomic E-state index is 0.135. The van der Waals surface area contributed by atoms with Gasteiger partial charge in [-0.15, -0.1) is 0 Å². The van der Waals surface area contributed by atoms with Crippen LogP contribution < -0.4 is 4.90 Å². The maximum atomic E-state index is 3.65. The van der Waals surface area contributed by atoms with Gasteiger partial charge < -0.3 is 4.90 Å². The van der Waals surface area contributed by atoms with Crippen molar-refractivity contribution in [1.29, 1.82) is 0 Å². The lowest BCUT2D eigenvalue weighted by Crippen LogP contribution is -2.14. The predicted octanol–water partition coefficient (Wildman–Crippen LogP) is 9.28. The first-order valence-corrected chi connectivity index (χ1v) is 11.5. The van der Waals surface area contributed by atoms with E-state index in [0.29, 0.717) is 0 Å². The van der Waals surface area contributed by atoms with Crippen LogP contribution >= 0.6 is 31.9 Å². The number of rotatable bonds is 3. The maximum Gasteiger partial charge on any atom is 0.0484 e. The minimum Gasteiger partial charge on any atom is -0.310 e. The molecule has 3 heteroatoms. The third kappa shape index (κ3) is 5.32. The second-order valence-corrected chi connectivity index (χ2v) is 11.4. The molecule has 0 saturated carbocycles. The van der Waals surface area contributed by atoms with Gasteiger partial charge in [-0.1, -0.05) is 97.7 Å². The molecule has 0 atom stereocenters. The molecule has 0 aromatic heterocycles. The summed E-state index contributed by atoms with van der Waals surface area (Å²) >= 11 is 7.29. The van der Waals surface area contributed by atoms with Crippen molar-refractivity contribution >= 4 is 48.9 Å². The van der Waals surface area contributed by atoms with Gasteiger partial charge in [0.2, 0.25) is 0 Å². The quantitative estimate of drug-likeness (QED) is 0.336. The van der Waals surface area contributed by atoms with Crippen molar-refractivity contribution in [3.63, 3.8) is 0 Å². The van der Waals surface area contributed by atoms with E-state index in [1.54, 1.807) is 0 Å². The molecule has 0 saturated heterocycles. The molecule has 0 aliphatic rings. The zero-order valence-electron chi connectivity index (χ0n) is 18.1. The third-order valence-electron chi connectivity index (χ3n) is 5.09. The molecule has 3 aromatic rings. The van der Waals surface area contributed by atoms with E-state index in [4.69, 9.17) is 0 Å². The topological polar surface area (TPSA) is 3.24 Å². The van der Waals surface area contributed by atoms with Crippen molar-refractivity contribution < 1.29 is 0 Å². The zero-order valence-corrected chi connectivity index (χ0v) is 21.2. The van der Waals surface area contributed by atoms with E-state index in [9.17, 15) is 0 Å². The zero-order chi connectivity index (χ0) is 21.4. The molecular formula is C26H29Br2N. The average molecular weight is 515 g/mol. The van der Waals surface area contributed by atoms with Crippen molar-refractivity contribution in [3.05, 3.63) is 86.8 Å². The van der Waals surface area contributed by atoms with E-state index < -0.39 is 0 Å². The number of halogens is 2. The molecule has 0 unspecified atom stereocenters. The highest BCUT2D eigenvalue weighted by Gasteiger charge is 2.18. The van der Waals surface area contributed by atoms with Crippen molar-refractivity contribution in [2.75, 3.05) is 4.90 Å². The Morgan fingerprint density at radius 2 is 0.862 bits per heavy atom. The van der Waals surface area contributed by atoms with Gasteiger partial charge in [-0.05, 0) is 64.4 Å². The fraction of sp³-hybridized carbons (Fsp3) is 0.308. The summed E-state index contributed by atoms with van der Waals surface area (Å²) in [5.74, 6) is 0. The molecule has 29 heavy (non-hydrogen) atoms. The molecule has 0 bridgehead atoms. The van der Waals surface area contributed by atoms with E-state index in [2.05, 4.69) is 145 Å². The van der Waals surface area contributed by atoms with E-state index >= 15 is 0 Å². The molecule has 0 amide bonds. The van der Waals surface area contributed by atoms with Crippen LogP contribution in [-0.4, -0.2) is 0 Å². The first-order valence-electron chi connectivity index (χ1n) is 9.92. The lowest BCUT2D eigenvalue weighted by Gasteiger charge is -2.28. The van der Waals surface area contributed by atoms with Crippen LogP contribution in [0.4, 0.5) is 17.1 Å². The van der Waals surface area contributed by atoms with Gasteiger partial charge >= 0.3 is 0 Å². The number of hydrogen-bond donors (Lipinski definition) is 0. The van der Waals surface area contributed by atoms with Crippen LogP contribution in [0, 0.1) is 0 Å². The van der Waals surface area contributed by atoms with Gasteiger partial charge in [0.05, 0.1) is 0 Å². The molecule has 0 N–H and O–H groups in total. The number of anilines is 3. The summed E-state index contributed by atoms with van der Waals surface area (Å²) in [6.45, 7) is 13.5. The highest BCUT2D eigenvalue weighted by molar-refractivity contribution is 9.11. The Morgan fingerprint density at radius 1 is 0.517 bits per heavy atom. The Balaban J connectivity index is 2.12. The van der Waals surface area contributed by atoms with Crippen molar-refractivity contribution in [1.82, 2.24) is 0 Å². The molecule has 0 aliphatic carbocycles. The molecule has 3 rings (SSSR count). The van der Waals surface area contributed by atoms with E-state index in [-0.39, 0.29) is 10.8 Å². The van der Waals surface area contributed by atoms with Gasteiger partial charge in [-0.25, -0.2) is 0 Å². The molecule has 0 radical (unpaired) electrons. The smallest absolute Gasteiger partial charge is 0.0484 e. The summed E-state index contributed by atoms with van der Waals surface area (Å²) in [6.07, 6.45) is 0. The maximum absolute atomic E-state index is 3.65. The predicted molar refractivity (Wildman–Crippen MR) is 134 cm³/mol.